The summed E-state index contributed by atoms with van der Waals surface area (Å²) in [5, 5.41) is 3.57. The molecule has 1 rings (SSSR count). The third-order valence-electron chi connectivity index (χ3n) is 3.13. The third-order valence-corrected chi connectivity index (χ3v) is 3.13. The molecule has 0 saturated carbocycles. The average Bonchev–Trinajstić information content (AvgIpc) is 2.37. The molecule has 1 aromatic rings. The van der Waals surface area contributed by atoms with Gasteiger partial charge in [-0.2, -0.15) is 0 Å². The number of hydrogen-bond acceptors (Lipinski definition) is 2. The molecule has 1 unspecified atom stereocenters. The monoisotopic (exact) mass is 263 g/mol. The third kappa shape index (κ3) is 7.34. The highest BCUT2D eigenvalue weighted by Crippen LogP contribution is 2.19. The molecule has 0 bridgehead atoms. The standard InChI is InChI=1S/C17H29NO/c1-14(2)12-18-13-17(10-11-19-15(3)4)16-8-6-5-7-9-16/h5-9,14-15,17-18H,10-13H2,1-4H3. The highest BCUT2D eigenvalue weighted by molar-refractivity contribution is 5.19. The molecule has 0 fully saturated rings. The lowest BCUT2D eigenvalue weighted by molar-refractivity contribution is 0.0732. The van der Waals surface area contributed by atoms with Crippen LogP contribution in [-0.4, -0.2) is 25.8 Å². The molecule has 0 heterocycles. The average molecular weight is 263 g/mol. The van der Waals surface area contributed by atoms with Crippen LogP contribution in [0.1, 0.15) is 45.6 Å². The van der Waals surface area contributed by atoms with Crippen LogP contribution < -0.4 is 5.32 Å². The van der Waals surface area contributed by atoms with Gasteiger partial charge in [-0.3, -0.25) is 0 Å². The van der Waals surface area contributed by atoms with E-state index in [-0.39, 0.29) is 0 Å². The second kappa shape index (κ2) is 9.11. The van der Waals surface area contributed by atoms with Crippen LogP contribution in [0, 0.1) is 5.92 Å². The van der Waals surface area contributed by atoms with Gasteiger partial charge in [-0.1, -0.05) is 44.2 Å². The fourth-order valence-corrected chi connectivity index (χ4v) is 2.10. The summed E-state index contributed by atoms with van der Waals surface area (Å²) in [6.07, 6.45) is 1.40. The lowest BCUT2D eigenvalue weighted by Gasteiger charge is -2.19. The Bertz CT molecular complexity index is 307. The van der Waals surface area contributed by atoms with E-state index in [1.807, 2.05) is 0 Å². The van der Waals surface area contributed by atoms with E-state index < -0.39 is 0 Å². The van der Waals surface area contributed by atoms with Crippen molar-refractivity contribution in [1.82, 2.24) is 5.32 Å². The van der Waals surface area contributed by atoms with Crippen molar-refractivity contribution >= 4 is 0 Å². The van der Waals surface area contributed by atoms with Gasteiger partial charge in [0.05, 0.1) is 6.10 Å². The van der Waals surface area contributed by atoms with Crippen molar-refractivity contribution in [2.24, 2.45) is 5.92 Å². The fourth-order valence-electron chi connectivity index (χ4n) is 2.10. The molecule has 108 valence electrons. The van der Waals surface area contributed by atoms with E-state index in [0.29, 0.717) is 17.9 Å². The predicted octanol–water partition coefficient (Wildman–Crippen LogP) is 3.83. The minimum Gasteiger partial charge on any atom is -0.379 e. The summed E-state index contributed by atoms with van der Waals surface area (Å²) in [6.45, 7) is 11.6. The van der Waals surface area contributed by atoms with Crippen LogP contribution in [-0.2, 0) is 4.74 Å². The second-order valence-electron chi connectivity index (χ2n) is 5.87. The van der Waals surface area contributed by atoms with Gasteiger partial charge in [-0.25, -0.2) is 0 Å². The van der Waals surface area contributed by atoms with Gasteiger partial charge in [0.1, 0.15) is 0 Å². The van der Waals surface area contributed by atoms with Crippen molar-refractivity contribution in [2.75, 3.05) is 19.7 Å². The Kier molecular flexibility index (Phi) is 7.76. The zero-order valence-electron chi connectivity index (χ0n) is 12.9. The van der Waals surface area contributed by atoms with E-state index in [4.69, 9.17) is 4.74 Å². The first-order valence-electron chi connectivity index (χ1n) is 7.46. The maximum Gasteiger partial charge on any atom is 0.0518 e. The zero-order chi connectivity index (χ0) is 14.1. The smallest absolute Gasteiger partial charge is 0.0518 e. The second-order valence-corrected chi connectivity index (χ2v) is 5.87. The molecule has 2 heteroatoms. The van der Waals surface area contributed by atoms with E-state index >= 15 is 0 Å². The van der Waals surface area contributed by atoms with Crippen molar-refractivity contribution in [3.05, 3.63) is 35.9 Å². The fraction of sp³-hybridized carbons (Fsp3) is 0.647. The Hall–Kier alpha value is -0.860. The molecule has 0 amide bonds. The summed E-state index contributed by atoms with van der Waals surface area (Å²) >= 11 is 0. The molecule has 0 aliphatic heterocycles. The molecule has 0 spiro atoms. The van der Waals surface area contributed by atoms with Crippen LogP contribution in [0.2, 0.25) is 0 Å². The van der Waals surface area contributed by atoms with E-state index in [1.54, 1.807) is 0 Å². The first kappa shape index (κ1) is 16.2. The molecule has 0 aliphatic rings. The molecule has 0 saturated heterocycles. The zero-order valence-corrected chi connectivity index (χ0v) is 12.9. The van der Waals surface area contributed by atoms with Gasteiger partial charge in [0.15, 0.2) is 0 Å². The summed E-state index contributed by atoms with van der Waals surface area (Å²) in [5.41, 5.74) is 1.41. The maximum atomic E-state index is 5.69. The number of ether oxygens (including phenoxy) is 1. The molecule has 0 aromatic heterocycles. The summed E-state index contributed by atoms with van der Waals surface area (Å²) in [7, 11) is 0. The van der Waals surface area contributed by atoms with Crippen molar-refractivity contribution in [1.29, 1.82) is 0 Å². The molecule has 19 heavy (non-hydrogen) atoms. The van der Waals surface area contributed by atoms with E-state index in [9.17, 15) is 0 Å². The van der Waals surface area contributed by atoms with Gasteiger partial charge < -0.3 is 10.1 Å². The van der Waals surface area contributed by atoms with E-state index in [1.165, 1.54) is 5.56 Å². The van der Waals surface area contributed by atoms with Crippen molar-refractivity contribution in [2.45, 2.75) is 46.1 Å². The molecule has 1 aromatic carbocycles. The minimum atomic E-state index is 0.319. The van der Waals surface area contributed by atoms with Gasteiger partial charge in [-0.05, 0) is 44.2 Å². The maximum absolute atomic E-state index is 5.69. The Morgan fingerprint density at radius 3 is 2.26 bits per heavy atom. The Morgan fingerprint density at radius 2 is 1.68 bits per heavy atom. The molecule has 1 N–H and O–H groups in total. The first-order valence-corrected chi connectivity index (χ1v) is 7.46. The Balaban J connectivity index is 2.48. The SMILES string of the molecule is CC(C)CNCC(CCOC(C)C)c1ccccc1. The predicted molar refractivity (Wildman–Crippen MR) is 82.6 cm³/mol. The molecule has 0 radical (unpaired) electrons. The Labute approximate surface area is 118 Å². The summed E-state index contributed by atoms with van der Waals surface area (Å²) in [4.78, 5) is 0. The van der Waals surface area contributed by atoms with Gasteiger partial charge in [-0.15, -0.1) is 0 Å². The molecule has 2 nitrogen and oxygen atoms in total. The summed E-state index contributed by atoms with van der Waals surface area (Å²) in [6, 6.07) is 10.8. The highest BCUT2D eigenvalue weighted by Gasteiger charge is 2.11. The van der Waals surface area contributed by atoms with Gasteiger partial charge in [0.25, 0.3) is 0 Å². The van der Waals surface area contributed by atoms with E-state index in [2.05, 4.69) is 63.3 Å². The normalized spacial score (nSPS) is 13.2. The quantitative estimate of drug-likeness (QED) is 0.731. The molecule has 0 aliphatic carbocycles. The van der Waals surface area contributed by atoms with Gasteiger partial charge >= 0.3 is 0 Å². The summed E-state index contributed by atoms with van der Waals surface area (Å²) < 4.78 is 5.69. The van der Waals surface area contributed by atoms with Crippen molar-refractivity contribution < 1.29 is 4.74 Å². The number of rotatable bonds is 9. The van der Waals surface area contributed by atoms with Crippen LogP contribution in [0.4, 0.5) is 0 Å². The largest absolute Gasteiger partial charge is 0.379 e. The molecular weight excluding hydrogens is 234 g/mol. The van der Waals surface area contributed by atoms with Crippen LogP contribution in [0.25, 0.3) is 0 Å². The first-order chi connectivity index (χ1) is 9.09. The van der Waals surface area contributed by atoms with Crippen molar-refractivity contribution in [3.63, 3.8) is 0 Å². The van der Waals surface area contributed by atoms with E-state index in [0.717, 1.165) is 26.1 Å². The van der Waals surface area contributed by atoms with Gasteiger partial charge in [0, 0.05) is 13.2 Å². The highest BCUT2D eigenvalue weighted by atomic mass is 16.5. The number of benzene rings is 1. The number of nitrogens with one attached hydrogen (secondary N) is 1. The summed E-state index contributed by atoms with van der Waals surface area (Å²) in [5.74, 6) is 1.24. The Morgan fingerprint density at radius 1 is 1.00 bits per heavy atom. The van der Waals surface area contributed by atoms with Crippen LogP contribution >= 0.6 is 0 Å². The lowest BCUT2D eigenvalue weighted by atomic mass is 9.96. The minimum absolute atomic E-state index is 0.319. The topological polar surface area (TPSA) is 21.3 Å². The van der Waals surface area contributed by atoms with Gasteiger partial charge in [0.2, 0.25) is 0 Å². The lowest BCUT2D eigenvalue weighted by Crippen LogP contribution is -2.26. The number of hydrogen-bond donors (Lipinski definition) is 1. The van der Waals surface area contributed by atoms with Crippen LogP contribution in [0.5, 0.6) is 0 Å². The molecule has 1 atom stereocenters. The van der Waals surface area contributed by atoms with Crippen LogP contribution in [0.3, 0.4) is 0 Å². The van der Waals surface area contributed by atoms with Crippen LogP contribution in [0.15, 0.2) is 30.3 Å². The van der Waals surface area contributed by atoms with Crippen molar-refractivity contribution in [3.8, 4) is 0 Å². The molecular formula is C17H29NO.